The van der Waals surface area contributed by atoms with E-state index in [2.05, 4.69) is 27.7 Å². The minimum absolute atomic E-state index is 1.36. The average molecular weight is 714 g/mol. The van der Waals surface area contributed by atoms with Gasteiger partial charge in [-0.25, -0.2) is 30.4 Å². The Balaban J connectivity index is 0.00000122. The van der Waals surface area contributed by atoms with Crippen molar-refractivity contribution in [3.8, 4) is 0 Å². The van der Waals surface area contributed by atoms with Gasteiger partial charge >= 0.3 is 0 Å². The fourth-order valence-corrected chi connectivity index (χ4v) is 6.92. The molecular weight excluding hydrogens is 645 g/mol. The van der Waals surface area contributed by atoms with Crippen molar-refractivity contribution in [1.82, 2.24) is 0 Å². The topological polar surface area (TPSA) is 57.2 Å². The van der Waals surface area contributed by atoms with Gasteiger partial charge < -0.3 is 9.04 Å². The molecule has 284 valence electrons. The van der Waals surface area contributed by atoms with E-state index in [1.165, 1.54) is 185 Å². The second-order valence-electron chi connectivity index (χ2n) is 13.7. The van der Waals surface area contributed by atoms with Crippen LogP contribution < -0.4 is 0 Å². The molecule has 0 amide bonds. The van der Waals surface area contributed by atoms with Crippen LogP contribution in [0.25, 0.3) is 0 Å². The van der Waals surface area contributed by atoms with E-state index in [-0.39, 0.29) is 0 Å². The Bertz CT molecular complexity index is 1000. The van der Waals surface area contributed by atoms with E-state index in [0.29, 0.717) is 0 Å². The molecule has 0 aliphatic rings. The zero-order valence-electron chi connectivity index (χ0n) is 30.8. The van der Waals surface area contributed by atoms with Crippen LogP contribution in [0.3, 0.4) is 0 Å². The number of hydrogen-bond donors (Lipinski definition) is 0. The van der Waals surface area contributed by atoms with Gasteiger partial charge in [-0.3, -0.25) is 0 Å². The van der Waals surface area contributed by atoms with Gasteiger partial charge in [-0.05, 0) is 32.1 Å². The monoisotopic (exact) mass is 713 g/mol. The largest absolute Gasteiger partial charge is 0.744 e. The van der Waals surface area contributed by atoms with Crippen molar-refractivity contribution in [3.05, 3.63) is 29.1 Å². The summed E-state index contributed by atoms with van der Waals surface area (Å²) >= 11 is 0. The van der Waals surface area contributed by atoms with Crippen LogP contribution in [-0.2, 0) is 10.1 Å². The molecule has 0 N–H and O–H groups in total. The summed E-state index contributed by atoms with van der Waals surface area (Å²) in [5.74, 6) is -12.8. The first-order chi connectivity index (χ1) is 22.9. The Hall–Kier alpha value is -1.26. The quantitative estimate of drug-likeness (QED) is 0.0207. The van der Waals surface area contributed by atoms with Crippen LogP contribution in [0.4, 0.5) is 22.0 Å². The summed E-state index contributed by atoms with van der Waals surface area (Å²) in [5.41, 5.74) is 0. The molecule has 0 fully saturated rings. The highest BCUT2D eigenvalue weighted by molar-refractivity contribution is 7.85. The van der Waals surface area contributed by atoms with Gasteiger partial charge in [0.05, 0.1) is 26.2 Å². The predicted octanol–water partition coefficient (Wildman–Crippen LogP) is 12.5. The number of unbranched alkanes of at least 4 members (excludes halogenated alkanes) is 20. The standard InChI is InChI=1S/C32H68N.C6HF5O3S/c1-5-9-13-14-15-16-17-18-19-20-21-22-23-24-25-26-27-28-32-33(29-10-6-2,30-11-7-3)31-12-8-4;7-1-2(8)4(10)6(15(12,13)14)5(11)3(1)9/h5-32H2,1-4H3;(H,12,13,14)/q+1;/p-1. The van der Waals surface area contributed by atoms with Gasteiger partial charge in [-0.2, -0.15) is 0 Å². The van der Waals surface area contributed by atoms with Crippen LogP contribution in [0, 0.1) is 29.1 Å². The van der Waals surface area contributed by atoms with Gasteiger partial charge in [0.15, 0.2) is 23.3 Å². The van der Waals surface area contributed by atoms with Crippen molar-refractivity contribution >= 4 is 10.1 Å². The predicted molar refractivity (Wildman–Crippen MR) is 187 cm³/mol. The molecule has 1 aromatic carbocycles. The number of benzene rings is 1. The summed E-state index contributed by atoms with van der Waals surface area (Å²) in [6.45, 7) is 15.2. The first-order valence-corrected chi connectivity index (χ1v) is 20.7. The average Bonchev–Trinajstić information content (AvgIpc) is 3.06. The summed E-state index contributed by atoms with van der Waals surface area (Å²) in [7, 11) is -5.77. The van der Waals surface area contributed by atoms with Gasteiger partial charge in [0.1, 0.15) is 15.0 Å². The van der Waals surface area contributed by atoms with Crippen molar-refractivity contribution in [2.75, 3.05) is 26.2 Å². The normalized spacial score (nSPS) is 12.0. The van der Waals surface area contributed by atoms with E-state index in [4.69, 9.17) is 0 Å². The van der Waals surface area contributed by atoms with Crippen molar-refractivity contribution in [2.45, 2.75) is 187 Å². The molecule has 0 bridgehead atoms. The van der Waals surface area contributed by atoms with Crippen LogP contribution in [0.1, 0.15) is 182 Å². The molecule has 0 radical (unpaired) electrons. The lowest BCUT2D eigenvalue weighted by Gasteiger charge is -2.39. The van der Waals surface area contributed by atoms with E-state index in [9.17, 15) is 34.9 Å². The molecular formula is C38H68F5NO3S. The van der Waals surface area contributed by atoms with Crippen LogP contribution in [0.2, 0.25) is 0 Å². The van der Waals surface area contributed by atoms with Crippen LogP contribution in [0.15, 0.2) is 4.90 Å². The lowest BCUT2D eigenvalue weighted by atomic mass is 10.0. The molecule has 48 heavy (non-hydrogen) atoms. The van der Waals surface area contributed by atoms with Crippen LogP contribution in [0.5, 0.6) is 0 Å². The Morgan fingerprint density at radius 1 is 0.396 bits per heavy atom. The first kappa shape index (κ1) is 46.7. The van der Waals surface area contributed by atoms with Crippen LogP contribution >= 0.6 is 0 Å². The molecule has 10 heteroatoms. The van der Waals surface area contributed by atoms with Gasteiger partial charge in [-0.15, -0.1) is 0 Å². The molecule has 1 aromatic rings. The molecule has 0 saturated heterocycles. The van der Waals surface area contributed by atoms with Crippen molar-refractivity contribution in [3.63, 3.8) is 0 Å². The Kier molecular flexibility index (Phi) is 27.7. The van der Waals surface area contributed by atoms with Gasteiger partial charge in [0.2, 0.25) is 5.82 Å². The molecule has 0 atom stereocenters. The van der Waals surface area contributed by atoms with E-state index >= 15 is 0 Å². The summed E-state index contributed by atoms with van der Waals surface area (Å²) in [4.78, 5) is -2.38. The third-order valence-electron chi connectivity index (χ3n) is 9.36. The third kappa shape index (κ3) is 20.4. The third-order valence-corrected chi connectivity index (χ3v) is 10.2. The summed E-state index contributed by atoms with van der Waals surface area (Å²) in [6, 6.07) is 0. The molecule has 1 rings (SSSR count). The lowest BCUT2D eigenvalue weighted by Crippen LogP contribution is -2.50. The van der Waals surface area contributed by atoms with Crippen molar-refractivity contribution in [1.29, 1.82) is 0 Å². The van der Waals surface area contributed by atoms with Crippen molar-refractivity contribution < 1.29 is 39.4 Å². The maximum Gasteiger partial charge on any atom is 0.200 e. The first-order valence-electron chi connectivity index (χ1n) is 19.2. The highest BCUT2D eigenvalue weighted by atomic mass is 32.2. The van der Waals surface area contributed by atoms with E-state index in [0.717, 1.165) is 0 Å². The van der Waals surface area contributed by atoms with Crippen molar-refractivity contribution in [2.24, 2.45) is 0 Å². The highest BCUT2D eigenvalue weighted by Gasteiger charge is 2.29. The maximum absolute atomic E-state index is 12.6. The smallest absolute Gasteiger partial charge is 0.200 e. The number of hydrogen-bond acceptors (Lipinski definition) is 3. The molecule has 0 saturated carbocycles. The SMILES string of the molecule is CCCCCCCCCCCCCCCCCCCC[N+](CCCC)(CCCC)CCCC.O=S(=O)([O-])c1c(F)c(F)c(F)c(F)c1F. The summed E-state index contributed by atoms with van der Waals surface area (Å²) in [5, 5.41) is 0. The van der Waals surface area contributed by atoms with E-state index in [1.54, 1.807) is 0 Å². The molecule has 0 aromatic heterocycles. The summed E-state index contributed by atoms with van der Waals surface area (Å²) < 4.78 is 94.3. The zero-order valence-corrected chi connectivity index (χ0v) is 31.6. The number of rotatable bonds is 29. The molecule has 0 heterocycles. The molecule has 0 spiro atoms. The lowest BCUT2D eigenvalue weighted by molar-refractivity contribution is -0.929. The van der Waals surface area contributed by atoms with E-state index < -0.39 is 44.1 Å². The molecule has 0 aliphatic carbocycles. The Morgan fingerprint density at radius 2 is 0.625 bits per heavy atom. The van der Waals surface area contributed by atoms with Gasteiger partial charge in [0, 0.05) is 0 Å². The number of halogens is 5. The maximum atomic E-state index is 12.6. The minimum atomic E-state index is -5.77. The zero-order chi connectivity index (χ0) is 36.3. The molecule has 0 unspecified atom stereocenters. The Labute approximate surface area is 291 Å². The highest BCUT2D eigenvalue weighted by Crippen LogP contribution is 2.26. The second kappa shape index (κ2) is 28.4. The molecule has 4 nitrogen and oxygen atoms in total. The second-order valence-corrected chi connectivity index (χ2v) is 15.0. The fraction of sp³-hybridized carbons (Fsp3) is 0.842. The minimum Gasteiger partial charge on any atom is -0.744 e. The summed E-state index contributed by atoms with van der Waals surface area (Å²) in [6.07, 6.45) is 34.9. The van der Waals surface area contributed by atoms with E-state index in [1.807, 2.05) is 0 Å². The number of quaternary nitrogens is 1. The fourth-order valence-electron chi connectivity index (χ4n) is 6.30. The van der Waals surface area contributed by atoms with Gasteiger partial charge in [0.25, 0.3) is 0 Å². The van der Waals surface area contributed by atoms with Crippen LogP contribution in [-0.4, -0.2) is 43.6 Å². The Morgan fingerprint density at radius 3 is 0.896 bits per heavy atom. The number of nitrogens with zero attached hydrogens (tertiary/aromatic N) is 1. The van der Waals surface area contributed by atoms with Gasteiger partial charge in [-0.1, -0.05) is 150 Å². The molecule has 0 aliphatic heterocycles.